The maximum atomic E-state index is 15.3. The second-order valence-corrected chi connectivity index (χ2v) is 7.70. The van der Waals surface area contributed by atoms with Crippen LogP contribution in [0.25, 0.3) is 0 Å². The number of hydrogen-bond acceptors (Lipinski definition) is 8. The normalized spacial score (nSPS) is 25.8. The molecule has 0 aromatic carbocycles. The number of nitrogen functional groups attached to an aromatic ring is 1. The Morgan fingerprint density at radius 3 is 2.53 bits per heavy atom. The highest BCUT2D eigenvalue weighted by molar-refractivity contribution is 6.24. The Morgan fingerprint density at radius 2 is 1.93 bits per heavy atom. The molecule has 4 atom stereocenters. The number of nitrogens with zero attached hydrogens (tertiary/aromatic N) is 2. The van der Waals surface area contributed by atoms with Gasteiger partial charge in [-0.25, -0.2) is 9.18 Å². The van der Waals surface area contributed by atoms with E-state index in [-0.39, 0.29) is 18.7 Å². The zero-order chi connectivity index (χ0) is 22.3. The van der Waals surface area contributed by atoms with Crippen molar-refractivity contribution in [1.82, 2.24) is 9.55 Å². The predicted octanol–water partition coefficient (Wildman–Crippen LogP) is 2.46. The van der Waals surface area contributed by atoms with Crippen LogP contribution in [-0.4, -0.2) is 45.4 Å². The van der Waals surface area contributed by atoms with Crippen LogP contribution in [0.4, 0.5) is 10.2 Å². The molecule has 2 rings (SSSR count). The summed E-state index contributed by atoms with van der Waals surface area (Å²) < 4.78 is 32.1. The zero-order valence-electron chi connectivity index (χ0n) is 17.0. The lowest BCUT2D eigenvalue weighted by atomic mass is 10.1. The van der Waals surface area contributed by atoms with E-state index in [9.17, 15) is 14.4 Å². The first-order valence-corrected chi connectivity index (χ1v) is 10.3. The molecule has 0 unspecified atom stereocenters. The lowest BCUT2D eigenvalue weighted by molar-refractivity contribution is -0.164. The van der Waals surface area contributed by atoms with E-state index in [1.165, 1.54) is 12.3 Å². The van der Waals surface area contributed by atoms with Crippen molar-refractivity contribution < 1.29 is 28.2 Å². The Balaban J connectivity index is 2.24. The van der Waals surface area contributed by atoms with Gasteiger partial charge in [-0.1, -0.05) is 38.3 Å². The number of hydrogen-bond donors (Lipinski definition) is 1. The van der Waals surface area contributed by atoms with Crippen molar-refractivity contribution in [3.63, 3.8) is 0 Å². The molecule has 2 N–H and O–H groups in total. The van der Waals surface area contributed by atoms with E-state index in [1.807, 2.05) is 13.8 Å². The molecule has 11 heteroatoms. The van der Waals surface area contributed by atoms with E-state index in [4.69, 9.17) is 31.5 Å². The fourth-order valence-corrected chi connectivity index (χ4v) is 3.22. The van der Waals surface area contributed by atoms with Crippen LogP contribution < -0.4 is 11.4 Å². The molecule has 0 saturated carbocycles. The highest BCUT2D eigenvalue weighted by Gasteiger charge is 2.59. The van der Waals surface area contributed by atoms with Crippen LogP contribution in [0.3, 0.4) is 0 Å². The quantitative estimate of drug-likeness (QED) is 0.428. The van der Waals surface area contributed by atoms with Crippen LogP contribution in [0.2, 0.25) is 0 Å². The standard InChI is InChI=1S/C19H27ClFN3O6/c1-3-5-7-13(25)28-11-19(20)16(29-14(26)8-6-4-2)15(21)17(30-19)24-10-9-12(22)23-18(24)27/h9-10,15-17H,3-8,11H2,1-2H3,(H2,22,23,27)/t15-,16+,17-,19-/m1/s1. The molecule has 2 heterocycles. The summed E-state index contributed by atoms with van der Waals surface area (Å²) in [7, 11) is 0. The van der Waals surface area contributed by atoms with E-state index >= 15 is 4.39 Å². The van der Waals surface area contributed by atoms with Crippen molar-refractivity contribution in [3.05, 3.63) is 22.7 Å². The Kier molecular flexibility index (Phi) is 8.60. The van der Waals surface area contributed by atoms with Crippen LogP contribution in [0.5, 0.6) is 0 Å². The number of carbonyl (C=O) groups excluding carboxylic acids is 2. The van der Waals surface area contributed by atoms with Crippen LogP contribution in [0, 0.1) is 0 Å². The molecule has 0 amide bonds. The minimum Gasteiger partial charge on any atom is -0.461 e. The summed E-state index contributed by atoms with van der Waals surface area (Å²) in [5.74, 6) is -1.25. The smallest absolute Gasteiger partial charge is 0.351 e. The molecular formula is C19H27ClFN3O6. The first-order chi connectivity index (χ1) is 14.2. The number of anilines is 1. The third-order valence-corrected chi connectivity index (χ3v) is 5.00. The largest absolute Gasteiger partial charge is 0.461 e. The van der Waals surface area contributed by atoms with Crippen molar-refractivity contribution in [3.8, 4) is 0 Å². The molecule has 1 fully saturated rings. The summed E-state index contributed by atoms with van der Waals surface area (Å²) in [5.41, 5.74) is 4.60. The third-order valence-electron chi connectivity index (χ3n) is 4.59. The molecule has 0 radical (unpaired) electrons. The Hall–Kier alpha value is -2.20. The second-order valence-electron chi connectivity index (χ2n) is 7.06. The molecule has 0 aliphatic carbocycles. The van der Waals surface area contributed by atoms with Crippen LogP contribution >= 0.6 is 11.6 Å². The van der Waals surface area contributed by atoms with Gasteiger partial charge in [0.1, 0.15) is 12.4 Å². The van der Waals surface area contributed by atoms with Gasteiger partial charge in [0.05, 0.1) is 0 Å². The maximum absolute atomic E-state index is 15.3. The Labute approximate surface area is 178 Å². The van der Waals surface area contributed by atoms with E-state index in [0.29, 0.717) is 12.8 Å². The van der Waals surface area contributed by atoms with Gasteiger partial charge in [-0.15, -0.1) is 0 Å². The summed E-state index contributed by atoms with van der Waals surface area (Å²) in [6.07, 6.45) is -1.02. The summed E-state index contributed by atoms with van der Waals surface area (Å²) >= 11 is 6.44. The summed E-state index contributed by atoms with van der Waals surface area (Å²) in [6.45, 7) is 3.25. The lowest BCUT2D eigenvalue weighted by Gasteiger charge is -2.27. The van der Waals surface area contributed by atoms with Gasteiger partial charge < -0.3 is 19.9 Å². The topological polar surface area (TPSA) is 123 Å². The van der Waals surface area contributed by atoms with Crippen molar-refractivity contribution in [2.24, 2.45) is 0 Å². The van der Waals surface area contributed by atoms with Crippen molar-refractivity contribution >= 4 is 29.4 Å². The number of ether oxygens (including phenoxy) is 3. The zero-order valence-corrected chi connectivity index (χ0v) is 17.8. The van der Waals surface area contributed by atoms with Gasteiger partial charge in [0.25, 0.3) is 0 Å². The molecule has 30 heavy (non-hydrogen) atoms. The molecule has 168 valence electrons. The number of halogens is 2. The Morgan fingerprint density at radius 1 is 1.30 bits per heavy atom. The molecule has 9 nitrogen and oxygen atoms in total. The number of nitrogens with two attached hydrogens (primary N) is 1. The number of rotatable bonds is 10. The minimum atomic E-state index is -2.01. The number of carbonyl (C=O) groups is 2. The van der Waals surface area contributed by atoms with Gasteiger partial charge in [-0.3, -0.25) is 14.2 Å². The SMILES string of the molecule is CCCCC(=O)OC[C@@]1(Cl)O[C@@H](n2ccc(N)nc2=O)[C@H](F)[C@@H]1OC(=O)CCCC. The lowest BCUT2D eigenvalue weighted by Crippen LogP contribution is -2.44. The Bertz CT molecular complexity index is 807. The summed E-state index contributed by atoms with van der Waals surface area (Å²) in [6, 6.07) is 1.29. The summed E-state index contributed by atoms with van der Waals surface area (Å²) in [5, 5.41) is -2.01. The average Bonchev–Trinajstić information content (AvgIpc) is 2.94. The summed E-state index contributed by atoms with van der Waals surface area (Å²) in [4.78, 5) is 39.7. The van der Waals surface area contributed by atoms with Crippen LogP contribution in [0.15, 0.2) is 17.1 Å². The van der Waals surface area contributed by atoms with Crippen molar-refractivity contribution in [2.45, 2.75) is 75.9 Å². The van der Waals surface area contributed by atoms with E-state index in [0.717, 1.165) is 17.4 Å². The number of esters is 2. The average molecular weight is 448 g/mol. The van der Waals surface area contributed by atoms with Crippen molar-refractivity contribution in [2.75, 3.05) is 12.3 Å². The van der Waals surface area contributed by atoms with Crippen LogP contribution in [-0.2, 0) is 23.8 Å². The van der Waals surface area contributed by atoms with Gasteiger partial charge in [0.2, 0.25) is 5.06 Å². The van der Waals surface area contributed by atoms with E-state index in [2.05, 4.69) is 4.98 Å². The molecule has 1 aromatic rings. The number of alkyl halides is 2. The second kappa shape index (κ2) is 10.7. The molecule has 1 aromatic heterocycles. The molecule has 0 spiro atoms. The minimum absolute atomic E-state index is 0.0470. The predicted molar refractivity (Wildman–Crippen MR) is 106 cm³/mol. The number of unbranched alkanes of at least 4 members (excludes halogenated alkanes) is 2. The third kappa shape index (κ3) is 5.91. The highest BCUT2D eigenvalue weighted by Crippen LogP contribution is 2.43. The van der Waals surface area contributed by atoms with E-state index < -0.39 is 47.8 Å². The van der Waals surface area contributed by atoms with Crippen molar-refractivity contribution in [1.29, 1.82) is 0 Å². The van der Waals surface area contributed by atoms with Crippen LogP contribution in [0.1, 0.15) is 58.6 Å². The molecule has 1 aliphatic rings. The molecule has 1 aliphatic heterocycles. The maximum Gasteiger partial charge on any atom is 0.351 e. The monoisotopic (exact) mass is 447 g/mol. The molecule has 0 bridgehead atoms. The van der Waals surface area contributed by atoms with E-state index in [1.54, 1.807) is 0 Å². The van der Waals surface area contributed by atoms with Gasteiger partial charge in [0, 0.05) is 19.0 Å². The van der Waals surface area contributed by atoms with Gasteiger partial charge in [0.15, 0.2) is 18.5 Å². The molecule has 1 saturated heterocycles. The van der Waals surface area contributed by atoms with Gasteiger partial charge in [-0.2, -0.15) is 4.98 Å². The molecular weight excluding hydrogens is 421 g/mol. The highest BCUT2D eigenvalue weighted by atomic mass is 35.5. The first kappa shape index (κ1) is 24.1. The van der Waals surface area contributed by atoms with Gasteiger partial charge in [-0.05, 0) is 18.9 Å². The first-order valence-electron chi connectivity index (χ1n) is 9.92. The fraction of sp³-hybridized carbons (Fsp3) is 0.684. The number of aromatic nitrogens is 2. The van der Waals surface area contributed by atoms with Gasteiger partial charge >= 0.3 is 17.6 Å². The fourth-order valence-electron chi connectivity index (χ4n) is 2.91.